The van der Waals surface area contributed by atoms with Gasteiger partial charge in [-0.25, -0.2) is 4.21 Å². The van der Waals surface area contributed by atoms with Crippen LogP contribution in [0.5, 0.6) is 0 Å². The van der Waals surface area contributed by atoms with Gasteiger partial charge in [-0.2, -0.15) is 0 Å². The van der Waals surface area contributed by atoms with Crippen LogP contribution in [0.4, 0.5) is 22.7 Å². The number of benzene rings is 4. The summed E-state index contributed by atoms with van der Waals surface area (Å²) in [4.78, 5) is 24.8. The number of anilines is 4. The zero-order valence-corrected chi connectivity index (χ0v) is 26.3. The smallest absolute Gasteiger partial charge is 0.545 e. The molecule has 4 aromatic rings. The van der Waals surface area contributed by atoms with Crippen LogP contribution in [0.3, 0.4) is 0 Å². The van der Waals surface area contributed by atoms with Gasteiger partial charge in [-0.1, -0.05) is 53.6 Å². The van der Waals surface area contributed by atoms with Crippen molar-refractivity contribution in [3.63, 3.8) is 0 Å². The van der Waals surface area contributed by atoms with Crippen LogP contribution in [0, 0.1) is 13.8 Å². The van der Waals surface area contributed by atoms with Gasteiger partial charge in [-0.15, -0.1) is 0 Å². The SMILES string of the molecule is Cc1ccc(Nc2cc(C(=O)[O-])c(Nc3ccc(C)cc3)c(S(=O)c3ccccc3)c2C(=O)[O-])cc1.[Na+].[Na+]. The number of carbonyl (C=O) groups excluding carboxylic acids is 2. The Kier molecular flexibility index (Phi) is 11.8. The van der Waals surface area contributed by atoms with Crippen LogP contribution in [0.2, 0.25) is 0 Å². The molecule has 0 spiro atoms. The van der Waals surface area contributed by atoms with Crippen molar-refractivity contribution < 1.29 is 83.1 Å². The fourth-order valence-electron chi connectivity index (χ4n) is 3.67. The van der Waals surface area contributed by atoms with E-state index in [-0.39, 0.29) is 80.9 Å². The summed E-state index contributed by atoms with van der Waals surface area (Å²) in [6.07, 6.45) is 0. The molecule has 0 amide bonds. The predicted octanol–water partition coefficient (Wildman–Crippen LogP) is -2.31. The molecule has 182 valence electrons. The van der Waals surface area contributed by atoms with Gasteiger partial charge in [0.1, 0.15) is 0 Å². The van der Waals surface area contributed by atoms with Gasteiger partial charge in [0, 0.05) is 33.1 Å². The molecule has 1 atom stereocenters. The first kappa shape index (κ1) is 31.8. The first-order valence-electron chi connectivity index (χ1n) is 11.0. The molecule has 0 saturated heterocycles. The maximum Gasteiger partial charge on any atom is 1.00 e. The van der Waals surface area contributed by atoms with E-state index in [4.69, 9.17) is 0 Å². The minimum atomic E-state index is -2.08. The van der Waals surface area contributed by atoms with Gasteiger partial charge >= 0.3 is 59.1 Å². The van der Waals surface area contributed by atoms with Crippen LogP contribution in [0.25, 0.3) is 0 Å². The van der Waals surface area contributed by atoms with Crippen LogP contribution in [-0.2, 0) is 10.8 Å². The molecule has 0 radical (unpaired) electrons. The monoisotopic (exact) mass is 544 g/mol. The number of hydrogen-bond acceptors (Lipinski definition) is 7. The van der Waals surface area contributed by atoms with Crippen molar-refractivity contribution in [3.8, 4) is 0 Å². The number of rotatable bonds is 8. The van der Waals surface area contributed by atoms with Crippen molar-refractivity contribution >= 4 is 45.5 Å². The van der Waals surface area contributed by atoms with Crippen LogP contribution in [0.15, 0.2) is 94.7 Å². The molecule has 1 unspecified atom stereocenters. The van der Waals surface area contributed by atoms with E-state index in [1.807, 2.05) is 38.1 Å². The summed E-state index contributed by atoms with van der Waals surface area (Å²) in [5.41, 5.74) is 1.97. The van der Waals surface area contributed by atoms with Crippen molar-refractivity contribution in [3.05, 3.63) is 107 Å². The maximum atomic E-state index is 13.8. The average molecular weight is 545 g/mol. The third-order valence-electron chi connectivity index (χ3n) is 5.50. The standard InChI is InChI=1S/C28H24N2O5S.2Na/c1-17-8-12-19(13-9-17)29-23-16-22(27(31)32)25(30-20-14-10-18(2)11-15-20)26(24(23)28(33)34)36(35)21-6-4-3-5-7-21;;/h3-16,29-30H,1-2H3,(H,31,32)(H,33,34);;/q;2*+1/p-2. The number of carboxylic acids is 2. The Bertz CT molecular complexity index is 1460. The number of nitrogens with one attached hydrogen (secondary N) is 2. The number of carboxylic acid groups (broad SMARTS) is 2. The first-order chi connectivity index (χ1) is 17.2. The van der Waals surface area contributed by atoms with E-state index < -0.39 is 28.3 Å². The van der Waals surface area contributed by atoms with Crippen LogP contribution < -0.4 is 80.0 Å². The average Bonchev–Trinajstić information content (AvgIpc) is 2.86. The van der Waals surface area contributed by atoms with E-state index >= 15 is 0 Å². The summed E-state index contributed by atoms with van der Waals surface area (Å²) < 4.78 is 13.8. The van der Waals surface area contributed by atoms with E-state index in [1.54, 1.807) is 54.6 Å². The molecule has 38 heavy (non-hydrogen) atoms. The third kappa shape index (κ3) is 7.36. The van der Waals surface area contributed by atoms with Gasteiger partial charge in [0.05, 0.1) is 33.3 Å². The summed E-state index contributed by atoms with van der Waals surface area (Å²) in [6, 6.07) is 23.5. The van der Waals surface area contributed by atoms with Crippen molar-refractivity contribution in [2.45, 2.75) is 23.6 Å². The van der Waals surface area contributed by atoms with E-state index in [9.17, 15) is 24.0 Å². The summed E-state index contributed by atoms with van der Waals surface area (Å²) in [6.45, 7) is 3.79. The zero-order valence-electron chi connectivity index (χ0n) is 21.5. The fourth-order valence-corrected chi connectivity index (χ4v) is 5.03. The molecule has 0 aliphatic rings. The largest absolute Gasteiger partial charge is 1.00 e. The molecule has 7 nitrogen and oxygen atoms in total. The molecule has 0 heterocycles. The molecule has 0 aromatic heterocycles. The molecule has 0 saturated carbocycles. The third-order valence-corrected chi connectivity index (χ3v) is 6.98. The van der Waals surface area contributed by atoms with Crippen molar-refractivity contribution in [1.82, 2.24) is 0 Å². The van der Waals surface area contributed by atoms with Crippen molar-refractivity contribution in [1.29, 1.82) is 0 Å². The van der Waals surface area contributed by atoms with E-state index in [2.05, 4.69) is 10.6 Å². The Balaban J connectivity index is 0.00000253. The predicted molar refractivity (Wildman–Crippen MR) is 135 cm³/mol. The van der Waals surface area contributed by atoms with Crippen LogP contribution in [-0.4, -0.2) is 16.1 Å². The molecule has 0 aliphatic carbocycles. The summed E-state index contributed by atoms with van der Waals surface area (Å²) >= 11 is 0. The van der Waals surface area contributed by atoms with E-state index in [0.29, 0.717) is 16.3 Å². The van der Waals surface area contributed by atoms with Gasteiger partial charge in [0.25, 0.3) is 0 Å². The second-order valence-corrected chi connectivity index (χ2v) is 9.61. The Morgan fingerprint density at radius 1 is 0.711 bits per heavy atom. The van der Waals surface area contributed by atoms with Crippen molar-refractivity contribution in [2.24, 2.45) is 0 Å². The topological polar surface area (TPSA) is 121 Å². The second-order valence-electron chi connectivity index (χ2n) is 8.19. The molecular formula is C28H22N2Na2O5S. The molecule has 0 aliphatic heterocycles. The van der Waals surface area contributed by atoms with Gasteiger partial charge in [-0.05, 0) is 56.3 Å². The molecule has 4 aromatic carbocycles. The summed E-state index contributed by atoms with van der Waals surface area (Å²) in [5.74, 6) is -3.17. The van der Waals surface area contributed by atoms with Gasteiger partial charge in [0.2, 0.25) is 0 Å². The molecule has 0 bridgehead atoms. The Morgan fingerprint density at radius 3 is 1.68 bits per heavy atom. The summed E-state index contributed by atoms with van der Waals surface area (Å²) in [7, 11) is -2.08. The molecule has 0 fully saturated rings. The molecule has 10 heteroatoms. The Labute approximate surface area is 267 Å². The minimum absolute atomic E-state index is 0. The minimum Gasteiger partial charge on any atom is -0.545 e. The zero-order chi connectivity index (χ0) is 25.8. The molecule has 2 N–H and O–H groups in total. The number of hydrogen-bond donors (Lipinski definition) is 2. The van der Waals surface area contributed by atoms with Crippen LogP contribution in [0.1, 0.15) is 31.8 Å². The maximum absolute atomic E-state index is 13.8. The van der Waals surface area contributed by atoms with Gasteiger partial charge in [0.15, 0.2) is 0 Å². The Morgan fingerprint density at radius 2 is 1.21 bits per heavy atom. The summed E-state index contributed by atoms with van der Waals surface area (Å²) in [5, 5.41) is 30.7. The van der Waals surface area contributed by atoms with Crippen molar-refractivity contribution in [2.75, 3.05) is 10.6 Å². The number of aryl methyl sites for hydroxylation is 2. The molecule has 4 rings (SSSR count). The van der Waals surface area contributed by atoms with Gasteiger partial charge in [-0.3, -0.25) is 0 Å². The molecular weight excluding hydrogens is 522 g/mol. The normalized spacial score (nSPS) is 10.9. The quantitative estimate of drug-likeness (QED) is 0.239. The fraction of sp³-hybridized carbons (Fsp3) is 0.0714. The second kappa shape index (κ2) is 14.1. The number of carbonyl (C=O) groups is 2. The van der Waals surface area contributed by atoms with Crippen LogP contribution >= 0.6 is 0 Å². The van der Waals surface area contributed by atoms with E-state index in [0.717, 1.165) is 17.2 Å². The Hall–Kier alpha value is -2.43. The number of aromatic carboxylic acids is 2. The first-order valence-corrected chi connectivity index (χ1v) is 12.2. The van der Waals surface area contributed by atoms with Gasteiger partial charge < -0.3 is 30.4 Å². The van der Waals surface area contributed by atoms with E-state index in [1.165, 1.54) is 0 Å².